The third-order valence-electron chi connectivity index (χ3n) is 4.67. The molecule has 0 saturated heterocycles. The Kier molecular flexibility index (Phi) is 3.79. The number of aromatic nitrogens is 2. The SMILES string of the molecule is O=C(Nc1ccccc1)c1cc2n(n1)C[C@@H](c1ccc3c(c1)OCO3)OC2. The minimum atomic E-state index is -0.234. The lowest BCUT2D eigenvalue weighted by Gasteiger charge is -2.24. The molecular formula is C20H17N3O4. The molecule has 7 nitrogen and oxygen atoms in total. The number of carbonyl (C=O) groups is 1. The van der Waals surface area contributed by atoms with Crippen molar-refractivity contribution in [1.29, 1.82) is 0 Å². The highest BCUT2D eigenvalue weighted by atomic mass is 16.7. The molecule has 0 unspecified atom stereocenters. The molecule has 2 aromatic carbocycles. The first kappa shape index (κ1) is 15.9. The minimum absolute atomic E-state index is 0.156. The van der Waals surface area contributed by atoms with Gasteiger partial charge in [-0.3, -0.25) is 9.48 Å². The number of para-hydroxylation sites is 1. The number of nitrogens with one attached hydrogen (secondary N) is 1. The van der Waals surface area contributed by atoms with Gasteiger partial charge in [0, 0.05) is 5.69 Å². The van der Waals surface area contributed by atoms with Gasteiger partial charge >= 0.3 is 0 Å². The molecule has 3 heterocycles. The zero-order valence-corrected chi connectivity index (χ0v) is 14.4. The maximum atomic E-state index is 12.5. The molecule has 0 spiro atoms. The van der Waals surface area contributed by atoms with Crippen molar-refractivity contribution >= 4 is 11.6 Å². The predicted octanol–water partition coefficient (Wildman–Crippen LogP) is 3.14. The fourth-order valence-electron chi connectivity index (χ4n) is 3.27. The molecule has 5 rings (SSSR count). The van der Waals surface area contributed by atoms with Crippen LogP contribution in [0.4, 0.5) is 5.69 Å². The summed E-state index contributed by atoms with van der Waals surface area (Å²) in [6, 6.07) is 16.9. The van der Waals surface area contributed by atoms with Crippen molar-refractivity contribution in [3.8, 4) is 11.5 Å². The molecule has 0 saturated carbocycles. The highest BCUT2D eigenvalue weighted by molar-refractivity contribution is 6.02. The van der Waals surface area contributed by atoms with Crippen LogP contribution in [0.25, 0.3) is 0 Å². The van der Waals surface area contributed by atoms with Crippen molar-refractivity contribution in [3.63, 3.8) is 0 Å². The Hall–Kier alpha value is -3.32. The Morgan fingerprint density at radius 2 is 1.93 bits per heavy atom. The van der Waals surface area contributed by atoms with E-state index in [0.29, 0.717) is 18.8 Å². The van der Waals surface area contributed by atoms with Gasteiger partial charge in [-0.15, -0.1) is 0 Å². The molecular weight excluding hydrogens is 346 g/mol. The lowest BCUT2D eigenvalue weighted by atomic mass is 10.1. The molecule has 3 aromatic rings. The topological polar surface area (TPSA) is 74.6 Å². The Balaban J connectivity index is 1.33. The van der Waals surface area contributed by atoms with E-state index in [1.807, 2.05) is 53.2 Å². The van der Waals surface area contributed by atoms with Gasteiger partial charge in [-0.05, 0) is 35.9 Å². The molecule has 27 heavy (non-hydrogen) atoms. The lowest BCUT2D eigenvalue weighted by molar-refractivity contribution is -0.00127. The maximum absolute atomic E-state index is 12.5. The maximum Gasteiger partial charge on any atom is 0.276 e. The van der Waals surface area contributed by atoms with Gasteiger partial charge in [0.15, 0.2) is 17.2 Å². The summed E-state index contributed by atoms with van der Waals surface area (Å²) >= 11 is 0. The molecule has 1 atom stereocenters. The summed E-state index contributed by atoms with van der Waals surface area (Å²) in [5.41, 5.74) is 2.99. The Bertz CT molecular complexity index is 1000. The molecule has 1 amide bonds. The second-order valence-electron chi connectivity index (χ2n) is 6.44. The molecule has 2 aliphatic rings. The van der Waals surface area contributed by atoms with Crippen LogP contribution in [0, 0.1) is 0 Å². The molecule has 0 radical (unpaired) electrons. The Labute approximate surface area is 155 Å². The van der Waals surface area contributed by atoms with Crippen molar-refractivity contribution in [2.45, 2.75) is 19.3 Å². The number of hydrogen-bond acceptors (Lipinski definition) is 5. The first-order valence-corrected chi connectivity index (χ1v) is 8.70. The third kappa shape index (κ3) is 3.02. The molecule has 1 aromatic heterocycles. The summed E-state index contributed by atoms with van der Waals surface area (Å²) in [7, 11) is 0. The number of anilines is 1. The number of fused-ring (bicyclic) bond motifs is 2. The van der Waals surface area contributed by atoms with E-state index in [9.17, 15) is 4.79 Å². The van der Waals surface area contributed by atoms with Gasteiger partial charge in [-0.2, -0.15) is 5.10 Å². The van der Waals surface area contributed by atoms with Crippen LogP contribution in [0.1, 0.15) is 27.8 Å². The molecule has 7 heteroatoms. The summed E-state index contributed by atoms with van der Waals surface area (Å²) in [5.74, 6) is 1.24. The van der Waals surface area contributed by atoms with E-state index in [2.05, 4.69) is 10.4 Å². The molecule has 2 aliphatic heterocycles. The zero-order chi connectivity index (χ0) is 18.2. The van der Waals surface area contributed by atoms with E-state index in [1.165, 1.54) is 0 Å². The van der Waals surface area contributed by atoms with Gasteiger partial charge in [0.1, 0.15) is 6.10 Å². The van der Waals surface area contributed by atoms with Crippen LogP contribution >= 0.6 is 0 Å². The fraction of sp³-hybridized carbons (Fsp3) is 0.200. The summed E-state index contributed by atoms with van der Waals surface area (Å²) in [5, 5.41) is 7.32. The summed E-state index contributed by atoms with van der Waals surface area (Å²) in [6.07, 6.45) is -0.156. The van der Waals surface area contributed by atoms with Crippen molar-refractivity contribution in [3.05, 3.63) is 71.5 Å². The monoisotopic (exact) mass is 363 g/mol. The van der Waals surface area contributed by atoms with Crippen molar-refractivity contribution in [1.82, 2.24) is 9.78 Å². The van der Waals surface area contributed by atoms with Crippen LogP contribution in [-0.4, -0.2) is 22.5 Å². The van der Waals surface area contributed by atoms with Crippen LogP contribution in [0.3, 0.4) is 0 Å². The van der Waals surface area contributed by atoms with Crippen molar-refractivity contribution in [2.75, 3.05) is 12.1 Å². The number of benzene rings is 2. The largest absolute Gasteiger partial charge is 0.454 e. The Morgan fingerprint density at radius 3 is 2.81 bits per heavy atom. The van der Waals surface area contributed by atoms with E-state index in [4.69, 9.17) is 14.2 Å². The summed E-state index contributed by atoms with van der Waals surface area (Å²) in [4.78, 5) is 12.5. The average molecular weight is 363 g/mol. The van der Waals surface area contributed by atoms with Gasteiger partial charge in [0.05, 0.1) is 18.8 Å². The number of amides is 1. The molecule has 0 aliphatic carbocycles. The van der Waals surface area contributed by atoms with Crippen LogP contribution < -0.4 is 14.8 Å². The first-order valence-electron chi connectivity index (χ1n) is 8.70. The average Bonchev–Trinajstić information content (AvgIpc) is 3.34. The standard InChI is InChI=1S/C20H17N3O4/c24-20(21-14-4-2-1-3-5-14)16-9-15-11-25-19(10-23(15)22-16)13-6-7-17-18(8-13)27-12-26-17/h1-9,19H,10-12H2,(H,21,24)/t19-/m0/s1. The van der Waals surface area contributed by atoms with E-state index in [1.54, 1.807) is 6.07 Å². The second kappa shape index (κ2) is 6.44. The Morgan fingerprint density at radius 1 is 1.07 bits per heavy atom. The van der Waals surface area contributed by atoms with E-state index in [-0.39, 0.29) is 18.8 Å². The van der Waals surface area contributed by atoms with Crippen LogP contribution in [-0.2, 0) is 17.9 Å². The number of carbonyl (C=O) groups excluding carboxylic acids is 1. The van der Waals surface area contributed by atoms with Gasteiger partial charge < -0.3 is 19.5 Å². The highest BCUT2D eigenvalue weighted by Gasteiger charge is 2.25. The third-order valence-corrected chi connectivity index (χ3v) is 4.67. The van der Waals surface area contributed by atoms with E-state index < -0.39 is 0 Å². The molecule has 0 fully saturated rings. The van der Waals surface area contributed by atoms with Gasteiger partial charge in [0.2, 0.25) is 6.79 Å². The van der Waals surface area contributed by atoms with Crippen LogP contribution in [0.15, 0.2) is 54.6 Å². The lowest BCUT2D eigenvalue weighted by Crippen LogP contribution is -2.22. The van der Waals surface area contributed by atoms with E-state index in [0.717, 1.165) is 28.4 Å². The van der Waals surface area contributed by atoms with Crippen LogP contribution in [0.5, 0.6) is 11.5 Å². The van der Waals surface area contributed by atoms with Gasteiger partial charge in [-0.25, -0.2) is 0 Å². The fourth-order valence-corrected chi connectivity index (χ4v) is 3.27. The smallest absolute Gasteiger partial charge is 0.276 e. The van der Waals surface area contributed by atoms with Gasteiger partial charge in [-0.1, -0.05) is 24.3 Å². The summed E-state index contributed by atoms with van der Waals surface area (Å²) < 4.78 is 18.6. The van der Waals surface area contributed by atoms with E-state index >= 15 is 0 Å². The number of ether oxygens (including phenoxy) is 3. The highest BCUT2D eigenvalue weighted by Crippen LogP contribution is 2.36. The zero-order valence-electron chi connectivity index (χ0n) is 14.4. The molecule has 0 bridgehead atoms. The summed E-state index contributed by atoms with van der Waals surface area (Å²) in [6.45, 7) is 1.17. The number of rotatable bonds is 3. The normalized spacial score (nSPS) is 17.4. The second-order valence-corrected chi connectivity index (χ2v) is 6.44. The molecule has 136 valence electrons. The number of nitrogens with zero attached hydrogens (tertiary/aromatic N) is 2. The van der Waals surface area contributed by atoms with Crippen LogP contribution in [0.2, 0.25) is 0 Å². The predicted molar refractivity (Wildman–Crippen MR) is 96.7 cm³/mol. The van der Waals surface area contributed by atoms with Gasteiger partial charge in [0.25, 0.3) is 5.91 Å². The number of hydrogen-bond donors (Lipinski definition) is 1. The van der Waals surface area contributed by atoms with Crippen molar-refractivity contribution in [2.24, 2.45) is 0 Å². The van der Waals surface area contributed by atoms with Crippen molar-refractivity contribution < 1.29 is 19.0 Å². The molecule has 1 N–H and O–H groups in total. The minimum Gasteiger partial charge on any atom is -0.454 e. The first-order chi connectivity index (χ1) is 13.3. The quantitative estimate of drug-likeness (QED) is 0.774.